The molecule has 0 amide bonds. The summed E-state index contributed by atoms with van der Waals surface area (Å²) in [5.74, 6) is 0.822. The SMILES string of the molecule is CCC(CC)CN(CC)CCC(C)(C)C(N)=S. The second kappa shape index (κ2) is 8.04. The summed E-state index contributed by atoms with van der Waals surface area (Å²) in [6, 6.07) is 0. The molecule has 0 rings (SSSR count). The molecule has 17 heavy (non-hydrogen) atoms. The molecule has 0 atom stereocenters. The predicted molar refractivity (Wildman–Crippen MR) is 81.4 cm³/mol. The van der Waals surface area contributed by atoms with Crippen LogP contribution in [-0.4, -0.2) is 29.5 Å². The van der Waals surface area contributed by atoms with Crippen molar-refractivity contribution in [1.82, 2.24) is 4.90 Å². The average molecular weight is 258 g/mol. The molecule has 0 aromatic rings. The Morgan fingerprint density at radius 2 is 1.76 bits per heavy atom. The van der Waals surface area contributed by atoms with Crippen LogP contribution in [0.3, 0.4) is 0 Å². The van der Waals surface area contributed by atoms with E-state index in [0.29, 0.717) is 4.99 Å². The van der Waals surface area contributed by atoms with Gasteiger partial charge in [0.05, 0.1) is 4.99 Å². The molecule has 0 unspecified atom stereocenters. The number of nitrogens with zero attached hydrogens (tertiary/aromatic N) is 1. The molecule has 0 heterocycles. The van der Waals surface area contributed by atoms with Crippen LogP contribution in [0.1, 0.15) is 53.9 Å². The molecule has 2 nitrogen and oxygen atoms in total. The molecular weight excluding hydrogens is 228 g/mol. The molecule has 2 N–H and O–H groups in total. The van der Waals surface area contributed by atoms with E-state index in [2.05, 4.69) is 39.5 Å². The zero-order chi connectivity index (χ0) is 13.5. The van der Waals surface area contributed by atoms with Crippen molar-refractivity contribution in [2.45, 2.75) is 53.9 Å². The first-order valence-electron chi connectivity index (χ1n) is 6.89. The summed E-state index contributed by atoms with van der Waals surface area (Å²) in [5, 5.41) is 0. The smallest absolute Gasteiger partial charge is 0.0784 e. The summed E-state index contributed by atoms with van der Waals surface area (Å²) in [4.78, 5) is 3.16. The highest BCUT2D eigenvalue weighted by atomic mass is 32.1. The second-order valence-corrected chi connectivity index (χ2v) is 6.01. The number of hydrogen-bond donors (Lipinski definition) is 1. The third kappa shape index (κ3) is 6.37. The third-order valence-corrected chi connectivity index (χ3v) is 4.39. The molecule has 0 aliphatic rings. The Labute approximate surface area is 113 Å². The lowest BCUT2D eigenvalue weighted by Crippen LogP contribution is -2.36. The van der Waals surface area contributed by atoms with Crippen LogP contribution in [0.25, 0.3) is 0 Å². The van der Waals surface area contributed by atoms with Gasteiger partial charge in [-0.15, -0.1) is 0 Å². The van der Waals surface area contributed by atoms with E-state index in [0.717, 1.165) is 25.4 Å². The Bertz CT molecular complexity index is 222. The van der Waals surface area contributed by atoms with Crippen molar-refractivity contribution < 1.29 is 0 Å². The van der Waals surface area contributed by atoms with Crippen molar-refractivity contribution in [1.29, 1.82) is 0 Å². The molecule has 102 valence electrons. The van der Waals surface area contributed by atoms with E-state index in [4.69, 9.17) is 18.0 Å². The Kier molecular flexibility index (Phi) is 7.97. The van der Waals surface area contributed by atoms with E-state index in [9.17, 15) is 0 Å². The quantitative estimate of drug-likeness (QED) is 0.642. The number of thiocarbonyl (C=S) groups is 1. The highest BCUT2D eigenvalue weighted by Crippen LogP contribution is 2.21. The number of rotatable bonds is 9. The van der Waals surface area contributed by atoms with Gasteiger partial charge >= 0.3 is 0 Å². The Balaban J connectivity index is 4.18. The minimum absolute atomic E-state index is 0.0172. The summed E-state index contributed by atoms with van der Waals surface area (Å²) >= 11 is 5.11. The maximum atomic E-state index is 5.76. The standard InChI is InChI=1S/C14H30N2S/c1-6-12(7-2)11-16(8-3)10-9-14(4,5)13(15)17/h12H,6-11H2,1-5H3,(H2,15,17). The van der Waals surface area contributed by atoms with Gasteiger partial charge in [0.25, 0.3) is 0 Å². The maximum Gasteiger partial charge on any atom is 0.0784 e. The number of nitrogens with two attached hydrogens (primary N) is 1. The van der Waals surface area contributed by atoms with E-state index >= 15 is 0 Å². The van der Waals surface area contributed by atoms with Crippen LogP contribution < -0.4 is 5.73 Å². The first kappa shape index (κ1) is 16.9. The maximum absolute atomic E-state index is 5.76. The van der Waals surface area contributed by atoms with Gasteiger partial charge in [0.2, 0.25) is 0 Å². The lowest BCUT2D eigenvalue weighted by Gasteiger charge is -2.30. The van der Waals surface area contributed by atoms with Crippen molar-refractivity contribution in [3.8, 4) is 0 Å². The summed E-state index contributed by atoms with van der Waals surface area (Å²) < 4.78 is 0. The van der Waals surface area contributed by atoms with Crippen LogP contribution in [0.15, 0.2) is 0 Å². The van der Waals surface area contributed by atoms with Crippen LogP contribution >= 0.6 is 12.2 Å². The minimum atomic E-state index is -0.0172. The lowest BCUT2D eigenvalue weighted by atomic mass is 9.89. The van der Waals surface area contributed by atoms with Crippen molar-refractivity contribution in [2.24, 2.45) is 17.1 Å². The van der Waals surface area contributed by atoms with E-state index in [1.54, 1.807) is 0 Å². The Morgan fingerprint density at radius 3 is 2.12 bits per heavy atom. The van der Waals surface area contributed by atoms with Gasteiger partial charge in [0, 0.05) is 12.0 Å². The molecule has 0 bridgehead atoms. The highest BCUT2D eigenvalue weighted by Gasteiger charge is 2.22. The van der Waals surface area contributed by atoms with E-state index in [-0.39, 0.29) is 5.41 Å². The van der Waals surface area contributed by atoms with Crippen LogP contribution in [0.4, 0.5) is 0 Å². The van der Waals surface area contributed by atoms with Crippen LogP contribution in [0, 0.1) is 11.3 Å². The van der Waals surface area contributed by atoms with Gasteiger partial charge in [0.15, 0.2) is 0 Å². The molecule has 0 fully saturated rings. The van der Waals surface area contributed by atoms with Crippen molar-refractivity contribution in [3.05, 3.63) is 0 Å². The summed E-state index contributed by atoms with van der Waals surface area (Å²) in [6.45, 7) is 14.5. The number of hydrogen-bond acceptors (Lipinski definition) is 2. The van der Waals surface area contributed by atoms with Gasteiger partial charge < -0.3 is 10.6 Å². The van der Waals surface area contributed by atoms with Crippen LogP contribution in [-0.2, 0) is 0 Å². The minimum Gasteiger partial charge on any atom is -0.393 e. The Hall–Kier alpha value is -0.150. The van der Waals surface area contributed by atoms with Crippen molar-refractivity contribution in [2.75, 3.05) is 19.6 Å². The van der Waals surface area contributed by atoms with E-state index < -0.39 is 0 Å². The van der Waals surface area contributed by atoms with Gasteiger partial charge in [-0.3, -0.25) is 0 Å². The molecule has 0 aromatic carbocycles. The average Bonchev–Trinajstić information content (AvgIpc) is 2.29. The zero-order valence-corrected chi connectivity index (χ0v) is 13.1. The predicted octanol–water partition coefficient (Wildman–Crippen LogP) is 3.45. The fourth-order valence-corrected chi connectivity index (χ4v) is 1.95. The molecule has 0 aliphatic heterocycles. The molecule has 0 saturated heterocycles. The molecule has 0 aliphatic carbocycles. The zero-order valence-electron chi connectivity index (χ0n) is 12.3. The largest absolute Gasteiger partial charge is 0.393 e. The summed E-state index contributed by atoms with van der Waals surface area (Å²) in [5.41, 5.74) is 5.75. The first-order valence-corrected chi connectivity index (χ1v) is 7.30. The molecule has 0 saturated carbocycles. The molecule has 0 spiro atoms. The van der Waals surface area contributed by atoms with Gasteiger partial charge in [-0.25, -0.2) is 0 Å². The molecule has 0 radical (unpaired) electrons. The fourth-order valence-electron chi connectivity index (χ4n) is 1.85. The molecule has 0 aromatic heterocycles. The molecular formula is C14H30N2S. The normalized spacial score (nSPS) is 12.4. The van der Waals surface area contributed by atoms with Crippen LogP contribution in [0.5, 0.6) is 0 Å². The fraction of sp³-hybridized carbons (Fsp3) is 0.929. The van der Waals surface area contributed by atoms with Crippen molar-refractivity contribution in [3.63, 3.8) is 0 Å². The van der Waals surface area contributed by atoms with Crippen molar-refractivity contribution >= 4 is 17.2 Å². The van der Waals surface area contributed by atoms with E-state index in [1.165, 1.54) is 19.4 Å². The summed E-state index contributed by atoms with van der Waals surface area (Å²) in [7, 11) is 0. The van der Waals surface area contributed by atoms with Gasteiger partial charge in [-0.05, 0) is 25.4 Å². The third-order valence-electron chi connectivity index (χ3n) is 3.84. The summed E-state index contributed by atoms with van der Waals surface area (Å²) in [6.07, 6.45) is 3.59. The Morgan fingerprint density at radius 1 is 1.24 bits per heavy atom. The highest BCUT2D eigenvalue weighted by molar-refractivity contribution is 7.80. The first-order chi connectivity index (χ1) is 7.87. The monoisotopic (exact) mass is 258 g/mol. The van der Waals surface area contributed by atoms with E-state index in [1.807, 2.05) is 0 Å². The molecule has 3 heteroatoms. The van der Waals surface area contributed by atoms with Gasteiger partial charge in [-0.2, -0.15) is 0 Å². The van der Waals surface area contributed by atoms with Gasteiger partial charge in [-0.1, -0.05) is 59.7 Å². The second-order valence-electron chi connectivity index (χ2n) is 5.57. The topological polar surface area (TPSA) is 29.3 Å². The van der Waals surface area contributed by atoms with Crippen LogP contribution in [0.2, 0.25) is 0 Å². The van der Waals surface area contributed by atoms with Gasteiger partial charge in [0.1, 0.15) is 0 Å². The lowest BCUT2D eigenvalue weighted by molar-refractivity contribution is 0.214.